The fourth-order valence-corrected chi connectivity index (χ4v) is 1.67. The van der Waals surface area contributed by atoms with Crippen LogP contribution < -0.4 is 0 Å². The van der Waals surface area contributed by atoms with Gasteiger partial charge in [0.25, 0.3) is 5.91 Å². The molecule has 0 radical (unpaired) electrons. The minimum absolute atomic E-state index is 0.100. The molecule has 1 N–H and O–H groups in total. The number of nitrogens with zero attached hydrogens (tertiary/aromatic N) is 3. The Bertz CT molecular complexity index is 629. The Morgan fingerprint density at radius 1 is 1.15 bits per heavy atom. The first-order chi connectivity index (χ1) is 9.58. The number of rotatable bonds is 4. The highest BCUT2D eigenvalue weighted by molar-refractivity contribution is 5.94. The van der Waals surface area contributed by atoms with E-state index in [2.05, 4.69) is 9.97 Å². The summed E-state index contributed by atoms with van der Waals surface area (Å²) in [5, 5.41) is 8.87. The number of amides is 1. The largest absolute Gasteiger partial charge is 0.477 e. The smallest absolute Gasteiger partial charge is 0.354 e. The Kier molecular flexibility index (Phi) is 4.05. The number of carbonyl (C=O) groups is 2. The minimum atomic E-state index is -1.16. The molecule has 6 heteroatoms. The van der Waals surface area contributed by atoms with Gasteiger partial charge in [0, 0.05) is 13.2 Å². The van der Waals surface area contributed by atoms with Crippen LogP contribution in [0.4, 0.5) is 0 Å². The van der Waals surface area contributed by atoms with Crippen LogP contribution in [-0.4, -0.2) is 38.9 Å². The maximum atomic E-state index is 12.2. The third-order valence-corrected chi connectivity index (χ3v) is 2.66. The molecule has 2 aromatic heterocycles. The predicted molar refractivity (Wildman–Crippen MR) is 71.2 cm³/mol. The van der Waals surface area contributed by atoms with Crippen molar-refractivity contribution in [3.63, 3.8) is 0 Å². The average Bonchev–Trinajstić information content (AvgIpc) is 2.47. The second kappa shape index (κ2) is 5.92. The molecular weight excluding hydrogens is 258 g/mol. The van der Waals surface area contributed by atoms with Gasteiger partial charge >= 0.3 is 5.97 Å². The number of carbonyl (C=O) groups excluding carboxylic acids is 1. The molecule has 0 spiro atoms. The summed E-state index contributed by atoms with van der Waals surface area (Å²) in [5.74, 6) is -1.51. The third kappa shape index (κ3) is 3.17. The first-order valence-electron chi connectivity index (χ1n) is 5.93. The number of aromatic carboxylic acids is 1. The molecule has 102 valence electrons. The van der Waals surface area contributed by atoms with Crippen molar-refractivity contribution in [2.24, 2.45) is 0 Å². The third-order valence-electron chi connectivity index (χ3n) is 2.66. The van der Waals surface area contributed by atoms with Crippen LogP contribution in [0.25, 0.3) is 0 Å². The molecule has 0 saturated carbocycles. The lowest BCUT2D eigenvalue weighted by Crippen LogP contribution is -2.27. The molecule has 1 amide bonds. The van der Waals surface area contributed by atoms with Gasteiger partial charge in [0.2, 0.25) is 0 Å². The molecule has 0 fully saturated rings. The molecule has 6 nitrogen and oxygen atoms in total. The van der Waals surface area contributed by atoms with E-state index in [0.29, 0.717) is 6.54 Å². The molecule has 0 unspecified atom stereocenters. The first kappa shape index (κ1) is 13.7. The van der Waals surface area contributed by atoms with E-state index in [-0.39, 0.29) is 17.3 Å². The molecule has 2 heterocycles. The molecule has 0 aliphatic rings. The van der Waals surface area contributed by atoms with E-state index in [1.807, 2.05) is 12.1 Å². The van der Waals surface area contributed by atoms with Crippen molar-refractivity contribution >= 4 is 11.9 Å². The summed E-state index contributed by atoms with van der Waals surface area (Å²) in [6, 6.07) is 9.78. The number of aromatic nitrogens is 2. The summed E-state index contributed by atoms with van der Waals surface area (Å²) in [6.45, 7) is 0.332. The van der Waals surface area contributed by atoms with Gasteiger partial charge < -0.3 is 10.0 Å². The maximum absolute atomic E-state index is 12.2. The van der Waals surface area contributed by atoms with Crippen LogP contribution in [0.1, 0.15) is 26.7 Å². The van der Waals surface area contributed by atoms with Gasteiger partial charge in [0.05, 0.1) is 12.2 Å². The second-order valence-electron chi connectivity index (χ2n) is 4.20. The van der Waals surface area contributed by atoms with Gasteiger partial charge in [-0.2, -0.15) is 0 Å². The number of carboxylic acid groups (broad SMARTS) is 1. The van der Waals surface area contributed by atoms with Crippen LogP contribution in [0.3, 0.4) is 0 Å². The Morgan fingerprint density at radius 2 is 1.90 bits per heavy atom. The van der Waals surface area contributed by atoms with Gasteiger partial charge in [-0.25, -0.2) is 9.78 Å². The zero-order valence-corrected chi connectivity index (χ0v) is 10.9. The van der Waals surface area contributed by atoms with Crippen molar-refractivity contribution in [1.82, 2.24) is 14.9 Å². The maximum Gasteiger partial charge on any atom is 0.354 e. The summed E-state index contributed by atoms with van der Waals surface area (Å²) in [7, 11) is 1.62. The Hall–Kier alpha value is -2.76. The van der Waals surface area contributed by atoms with Crippen LogP contribution in [0.2, 0.25) is 0 Å². The summed E-state index contributed by atoms with van der Waals surface area (Å²) in [6.07, 6.45) is 1.65. The SMILES string of the molecule is CN(Cc1ccccn1)C(=O)c1cccc(C(=O)O)n1. The molecule has 0 aliphatic heterocycles. The number of pyridine rings is 2. The molecule has 0 saturated heterocycles. The van der Waals surface area contributed by atoms with Crippen LogP contribution >= 0.6 is 0 Å². The Morgan fingerprint density at radius 3 is 2.55 bits per heavy atom. The van der Waals surface area contributed by atoms with Gasteiger partial charge in [-0.15, -0.1) is 0 Å². The van der Waals surface area contributed by atoms with Gasteiger partial charge in [-0.3, -0.25) is 9.78 Å². The van der Waals surface area contributed by atoms with Crippen molar-refractivity contribution in [1.29, 1.82) is 0 Å². The fraction of sp³-hybridized carbons (Fsp3) is 0.143. The van der Waals surface area contributed by atoms with Crippen molar-refractivity contribution in [2.45, 2.75) is 6.54 Å². The van der Waals surface area contributed by atoms with Crippen LogP contribution in [0.5, 0.6) is 0 Å². The van der Waals surface area contributed by atoms with E-state index in [9.17, 15) is 9.59 Å². The molecule has 20 heavy (non-hydrogen) atoms. The quantitative estimate of drug-likeness (QED) is 0.909. The van der Waals surface area contributed by atoms with Crippen molar-refractivity contribution in [3.8, 4) is 0 Å². The van der Waals surface area contributed by atoms with Gasteiger partial charge in [0.15, 0.2) is 0 Å². The summed E-state index contributed by atoms with van der Waals surface area (Å²) >= 11 is 0. The summed E-state index contributed by atoms with van der Waals surface area (Å²) < 4.78 is 0. The van der Waals surface area contributed by atoms with Crippen LogP contribution in [-0.2, 0) is 6.54 Å². The standard InChI is InChI=1S/C14H13N3O3/c1-17(9-10-5-2-3-8-15-10)13(18)11-6-4-7-12(16-11)14(19)20/h2-8H,9H2,1H3,(H,19,20). The van der Waals surface area contributed by atoms with E-state index < -0.39 is 5.97 Å². The molecule has 0 atom stereocenters. The van der Waals surface area contributed by atoms with E-state index >= 15 is 0 Å². The Labute approximate surface area is 115 Å². The Balaban J connectivity index is 2.14. The van der Waals surface area contributed by atoms with E-state index in [1.54, 1.807) is 19.3 Å². The highest BCUT2D eigenvalue weighted by Crippen LogP contribution is 2.06. The van der Waals surface area contributed by atoms with Crippen molar-refractivity contribution in [3.05, 3.63) is 59.7 Å². The number of hydrogen-bond acceptors (Lipinski definition) is 4. The predicted octanol–water partition coefficient (Wildman–Crippen LogP) is 1.45. The molecule has 0 aromatic carbocycles. The molecular formula is C14H13N3O3. The number of carboxylic acids is 1. The van der Waals surface area contributed by atoms with Crippen LogP contribution in [0, 0.1) is 0 Å². The lowest BCUT2D eigenvalue weighted by atomic mass is 10.2. The second-order valence-corrected chi connectivity index (χ2v) is 4.20. The zero-order chi connectivity index (χ0) is 14.5. The fourth-order valence-electron chi connectivity index (χ4n) is 1.67. The number of hydrogen-bond donors (Lipinski definition) is 1. The normalized spacial score (nSPS) is 10.1. The highest BCUT2D eigenvalue weighted by atomic mass is 16.4. The minimum Gasteiger partial charge on any atom is -0.477 e. The highest BCUT2D eigenvalue weighted by Gasteiger charge is 2.15. The van der Waals surface area contributed by atoms with E-state index in [0.717, 1.165) is 5.69 Å². The van der Waals surface area contributed by atoms with Gasteiger partial charge in [-0.1, -0.05) is 12.1 Å². The average molecular weight is 271 g/mol. The van der Waals surface area contributed by atoms with E-state index in [4.69, 9.17) is 5.11 Å². The van der Waals surface area contributed by atoms with Crippen LogP contribution in [0.15, 0.2) is 42.6 Å². The molecule has 0 aliphatic carbocycles. The van der Waals surface area contributed by atoms with Gasteiger partial charge in [-0.05, 0) is 24.3 Å². The topological polar surface area (TPSA) is 83.4 Å². The first-order valence-corrected chi connectivity index (χ1v) is 5.93. The lowest BCUT2D eigenvalue weighted by molar-refractivity contribution is 0.0690. The van der Waals surface area contributed by atoms with Crippen molar-refractivity contribution in [2.75, 3.05) is 7.05 Å². The summed E-state index contributed by atoms with van der Waals surface area (Å²) in [5.41, 5.74) is 0.697. The lowest BCUT2D eigenvalue weighted by Gasteiger charge is -2.16. The molecule has 0 bridgehead atoms. The molecule has 2 rings (SSSR count). The summed E-state index contributed by atoms with van der Waals surface area (Å²) in [4.78, 5) is 32.4. The van der Waals surface area contributed by atoms with Gasteiger partial charge in [0.1, 0.15) is 11.4 Å². The zero-order valence-electron chi connectivity index (χ0n) is 10.9. The van der Waals surface area contributed by atoms with E-state index in [1.165, 1.54) is 23.1 Å². The molecule has 2 aromatic rings. The van der Waals surface area contributed by atoms with Crippen molar-refractivity contribution < 1.29 is 14.7 Å². The monoisotopic (exact) mass is 271 g/mol.